The van der Waals surface area contributed by atoms with Crippen LogP contribution in [0, 0.1) is 5.92 Å². The summed E-state index contributed by atoms with van der Waals surface area (Å²) in [6.07, 6.45) is 1.21. The van der Waals surface area contributed by atoms with Gasteiger partial charge < -0.3 is 24.6 Å². The lowest BCUT2D eigenvalue weighted by atomic mass is 9.93. The molecule has 1 aliphatic carbocycles. The van der Waals surface area contributed by atoms with Crippen molar-refractivity contribution in [3.8, 4) is 0 Å². The predicted octanol–water partition coefficient (Wildman–Crippen LogP) is 3.77. The van der Waals surface area contributed by atoms with Crippen molar-refractivity contribution in [2.75, 3.05) is 56.7 Å². The Morgan fingerprint density at radius 1 is 0.932 bits per heavy atom. The third-order valence-electron chi connectivity index (χ3n) is 8.08. The summed E-state index contributed by atoms with van der Waals surface area (Å²) >= 11 is 0. The van der Waals surface area contributed by atoms with E-state index in [4.69, 9.17) is 9.47 Å². The van der Waals surface area contributed by atoms with Crippen molar-refractivity contribution in [2.24, 2.45) is 5.92 Å². The molecule has 12 nitrogen and oxygen atoms in total. The second-order valence-electron chi connectivity index (χ2n) is 12.3. The van der Waals surface area contributed by atoms with Gasteiger partial charge in [-0.2, -0.15) is 0 Å². The van der Waals surface area contributed by atoms with E-state index in [9.17, 15) is 24.0 Å². The summed E-state index contributed by atoms with van der Waals surface area (Å²) in [5.41, 5.74) is 3.63. The Morgan fingerprint density at radius 3 is 2.23 bits per heavy atom. The van der Waals surface area contributed by atoms with Gasteiger partial charge in [-0.15, -0.1) is 0 Å². The number of hydrogen-bond acceptors (Lipinski definition) is 9. The van der Waals surface area contributed by atoms with Gasteiger partial charge in [-0.3, -0.25) is 19.8 Å². The molecule has 2 fully saturated rings. The van der Waals surface area contributed by atoms with Crippen LogP contribution >= 0.6 is 0 Å². The average molecular weight is 606 g/mol. The molecule has 0 saturated carbocycles. The zero-order valence-corrected chi connectivity index (χ0v) is 25.6. The highest BCUT2D eigenvalue weighted by Crippen LogP contribution is 2.34. The van der Waals surface area contributed by atoms with Gasteiger partial charge in [0.25, 0.3) is 0 Å². The first-order chi connectivity index (χ1) is 20.9. The zero-order valence-electron chi connectivity index (χ0n) is 25.6. The number of urea groups is 1. The number of Topliss-reactive ketones (excluding diaryl/α,β-unsaturated/α-hetero) is 3. The minimum atomic E-state index is -1.51. The number of hydrogen-bond donors (Lipinski definition) is 2. The lowest BCUT2D eigenvalue weighted by molar-refractivity contribution is 0.0240. The van der Waals surface area contributed by atoms with Crippen LogP contribution in [0.2, 0.25) is 0 Å². The van der Waals surface area contributed by atoms with Crippen LogP contribution in [0.3, 0.4) is 0 Å². The maximum atomic E-state index is 13.5. The molecular formula is C32H39N5O7. The molecule has 3 aliphatic rings. The maximum absolute atomic E-state index is 13.5. The van der Waals surface area contributed by atoms with E-state index in [1.165, 1.54) is 6.07 Å². The molecule has 12 heteroatoms. The van der Waals surface area contributed by atoms with Gasteiger partial charge in [0, 0.05) is 69.3 Å². The Hall–Kier alpha value is -4.29. The molecule has 44 heavy (non-hydrogen) atoms. The highest BCUT2D eigenvalue weighted by Gasteiger charge is 2.45. The number of hydrazine groups is 1. The van der Waals surface area contributed by atoms with Gasteiger partial charge in [-0.25, -0.2) is 14.6 Å². The van der Waals surface area contributed by atoms with E-state index >= 15 is 0 Å². The largest absolute Gasteiger partial charge is 0.444 e. The minimum Gasteiger partial charge on any atom is -0.444 e. The minimum absolute atomic E-state index is 0.0409. The van der Waals surface area contributed by atoms with Crippen molar-refractivity contribution < 1.29 is 33.4 Å². The Morgan fingerprint density at radius 2 is 1.59 bits per heavy atom. The SMILES string of the molecule is CN(NC(=O)Nc1cccc2c1C(=O)C(C(=O)c1ccc(N3CCN(C(=O)OC(C)(C)C)CC3)cc1)C2=O)C1CCOCC1. The van der Waals surface area contributed by atoms with Gasteiger partial charge in [0.1, 0.15) is 11.5 Å². The van der Waals surface area contributed by atoms with E-state index in [1.807, 2.05) is 20.8 Å². The molecule has 1 unspecified atom stereocenters. The average Bonchev–Trinajstić information content (AvgIpc) is 3.26. The second-order valence-corrected chi connectivity index (χ2v) is 12.3. The van der Waals surface area contributed by atoms with Gasteiger partial charge in [0.05, 0.1) is 11.3 Å². The Kier molecular flexibility index (Phi) is 9.02. The molecule has 2 N–H and O–H groups in total. The van der Waals surface area contributed by atoms with Crippen molar-refractivity contribution in [1.29, 1.82) is 0 Å². The van der Waals surface area contributed by atoms with Crippen molar-refractivity contribution >= 4 is 40.8 Å². The van der Waals surface area contributed by atoms with E-state index in [-0.39, 0.29) is 34.5 Å². The molecule has 234 valence electrons. The normalized spacial score (nSPS) is 19.2. The lowest BCUT2D eigenvalue weighted by Gasteiger charge is -2.36. The molecule has 0 aromatic heterocycles. The zero-order chi connectivity index (χ0) is 31.6. The molecule has 2 saturated heterocycles. The van der Waals surface area contributed by atoms with Gasteiger partial charge in [-0.1, -0.05) is 12.1 Å². The molecule has 3 amide bonds. The molecule has 2 aromatic rings. The van der Waals surface area contributed by atoms with Crippen LogP contribution < -0.4 is 15.6 Å². The molecule has 2 heterocycles. The molecule has 2 aliphatic heterocycles. The number of carbonyl (C=O) groups excluding carboxylic acids is 5. The number of rotatable bonds is 6. The van der Waals surface area contributed by atoms with Crippen molar-refractivity contribution in [2.45, 2.75) is 45.3 Å². The highest BCUT2D eigenvalue weighted by molar-refractivity contribution is 6.39. The van der Waals surface area contributed by atoms with Crippen LogP contribution in [0.4, 0.5) is 21.0 Å². The van der Waals surface area contributed by atoms with Gasteiger partial charge in [-0.05, 0) is 63.9 Å². The fourth-order valence-electron chi connectivity index (χ4n) is 5.74. The first kappa shape index (κ1) is 31.1. The van der Waals surface area contributed by atoms with Gasteiger partial charge >= 0.3 is 12.1 Å². The summed E-state index contributed by atoms with van der Waals surface area (Å²) in [6, 6.07) is 11.0. The third-order valence-corrected chi connectivity index (χ3v) is 8.08. The highest BCUT2D eigenvalue weighted by atomic mass is 16.6. The first-order valence-electron chi connectivity index (χ1n) is 14.9. The summed E-state index contributed by atoms with van der Waals surface area (Å²) in [4.78, 5) is 69.2. The van der Waals surface area contributed by atoms with Crippen LogP contribution in [-0.4, -0.2) is 97.5 Å². The summed E-state index contributed by atoms with van der Waals surface area (Å²) in [7, 11) is 1.77. The molecule has 2 aromatic carbocycles. The molecule has 0 spiro atoms. The van der Waals surface area contributed by atoms with E-state index in [2.05, 4.69) is 15.6 Å². The number of nitrogens with one attached hydrogen (secondary N) is 2. The fraction of sp³-hybridized carbons (Fsp3) is 0.469. The van der Waals surface area contributed by atoms with Gasteiger partial charge in [0.15, 0.2) is 17.3 Å². The van der Waals surface area contributed by atoms with Gasteiger partial charge in [0.2, 0.25) is 0 Å². The van der Waals surface area contributed by atoms with E-state index < -0.39 is 34.9 Å². The Labute approximate surface area is 256 Å². The maximum Gasteiger partial charge on any atom is 0.410 e. The van der Waals surface area contributed by atoms with Crippen LogP contribution in [0.1, 0.15) is 64.7 Å². The topological polar surface area (TPSA) is 138 Å². The van der Waals surface area contributed by atoms with Crippen molar-refractivity contribution in [3.63, 3.8) is 0 Å². The van der Waals surface area contributed by atoms with Crippen LogP contribution in [-0.2, 0) is 9.47 Å². The number of ketones is 3. The summed E-state index contributed by atoms with van der Waals surface area (Å²) in [5.74, 6) is -3.32. The third kappa shape index (κ3) is 6.76. The van der Waals surface area contributed by atoms with Crippen molar-refractivity contribution in [1.82, 2.24) is 15.3 Å². The number of benzene rings is 2. The number of amides is 3. The molecule has 5 rings (SSSR count). The number of carbonyl (C=O) groups is 5. The lowest BCUT2D eigenvalue weighted by Crippen LogP contribution is -2.50. The summed E-state index contributed by atoms with van der Waals surface area (Å²) in [6.45, 7) is 8.91. The predicted molar refractivity (Wildman–Crippen MR) is 163 cm³/mol. The molecule has 1 atom stereocenters. The van der Waals surface area contributed by atoms with E-state index in [0.717, 1.165) is 18.5 Å². The Balaban J connectivity index is 1.22. The Bertz CT molecular complexity index is 1440. The molecular weight excluding hydrogens is 566 g/mol. The van der Waals surface area contributed by atoms with Crippen molar-refractivity contribution in [3.05, 3.63) is 59.2 Å². The molecule has 0 radical (unpaired) electrons. The fourth-order valence-corrected chi connectivity index (χ4v) is 5.74. The van der Waals surface area contributed by atoms with Crippen LogP contribution in [0.5, 0.6) is 0 Å². The number of ether oxygens (including phenoxy) is 2. The van der Waals surface area contributed by atoms with Crippen LogP contribution in [0.25, 0.3) is 0 Å². The smallest absolute Gasteiger partial charge is 0.410 e. The number of fused-ring (bicyclic) bond motifs is 1. The standard InChI is InChI=1S/C32H39N5O7/c1-32(2,3)44-31(42)37-16-14-36(15-17-37)22-10-8-20(9-11-22)27(38)26-28(39)23-6-5-7-24(25(23)29(26)40)33-30(41)34-35(4)21-12-18-43-19-13-21/h5-11,21,26H,12-19H2,1-4H3,(H2,33,34,41). The van der Waals surface area contributed by atoms with Crippen LogP contribution in [0.15, 0.2) is 42.5 Å². The molecule has 0 bridgehead atoms. The van der Waals surface area contributed by atoms with E-state index in [1.54, 1.807) is 53.4 Å². The number of nitrogens with zero attached hydrogens (tertiary/aromatic N) is 3. The second kappa shape index (κ2) is 12.7. The monoisotopic (exact) mass is 605 g/mol. The number of piperazine rings is 1. The quantitative estimate of drug-likeness (QED) is 0.286. The number of anilines is 2. The summed E-state index contributed by atoms with van der Waals surface area (Å²) in [5, 5.41) is 4.40. The van der Waals surface area contributed by atoms with E-state index in [0.29, 0.717) is 39.4 Å². The first-order valence-corrected chi connectivity index (χ1v) is 14.9. The summed E-state index contributed by atoms with van der Waals surface area (Å²) < 4.78 is 10.8.